The number of carboxylic acids is 1. The average Bonchev–Trinajstić information content (AvgIpc) is 2.90. The summed E-state index contributed by atoms with van der Waals surface area (Å²) in [5, 5.41) is 9.81. The van der Waals surface area contributed by atoms with Crippen LogP contribution < -0.4 is 0 Å². The molecule has 3 aromatic rings. The highest BCUT2D eigenvalue weighted by Gasteiger charge is 2.25. The van der Waals surface area contributed by atoms with Crippen molar-refractivity contribution in [3.8, 4) is 0 Å². The van der Waals surface area contributed by atoms with Crippen LogP contribution in [0.15, 0.2) is 53.6 Å². The third kappa shape index (κ3) is 2.59. The number of aromatic nitrogens is 1. The Morgan fingerprint density at radius 1 is 1.09 bits per heavy atom. The maximum Gasteiger partial charge on any atom is 0.337 e. The molecule has 0 unspecified atom stereocenters. The quantitative estimate of drug-likeness (QED) is 0.759. The zero-order chi connectivity index (χ0) is 16.8. The van der Waals surface area contributed by atoms with Gasteiger partial charge < -0.3 is 5.11 Å². The van der Waals surface area contributed by atoms with Crippen LogP contribution in [0, 0.1) is 0 Å². The van der Waals surface area contributed by atoms with E-state index in [9.17, 15) is 18.3 Å². The van der Waals surface area contributed by atoms with Crippen LogP contribution in [0.4, 0.5) is 0 Å². The second-order valence-corrected chi connectivity index (χ2v) is 7.37. The molecule has 0 amide bonds. The molecule has 1 N–H and O–H groups in total. The highest BCUT2D eigenvalue weighted by molar-refractivity contribution is 7.90. The highest BCUT2D eigenvalue weighted by atomic mass is 35.5. The van der Waals surface area contributed by atoms with Gasteiger partial charge in [0.05, 0.1) is 16.1 Å². The maximum absolute atomic E-state index is 12.9. The Bertz CT molecular complexity index is 1040. The third-order valence-corrected chi connectivity index (χ3v) is 5.73. The average molecular weight is 370 g/mol. The van der Waals surface area contributed by atoms with Gasteiger partial charge in [-0.1, -0.05) is 41.4 Å². The zero-order valence-corrected chi connectivity index (χ0v) is 13.7. The molecule has 23 heavy (non-hydrogen) atoms. The molecule has 5 nitrogen and oxygen atoms in total. The first kappa shape index (κ1) is 15.9. The predicted molar refractivity (Wildman–Crippen MR) is 87.9 cm³/mol. The van der Waals surface area contributed by atoms with E-state index < -0.39 is 16.0 Å². The van der Waals surface area contributed by atoms with Crippen molar-refractivity contribution in [1.29, 1.82) is 0 Å². The van der Waals surface area contributed by atoms with E-state index in [1.165, 1.54) is 24.3 Å². The van der Waals surface area contributed by atoms with Crippen LogP contribution in [-0.2, 0) is 10.0 Å². The fourth-order valence-electron chi connectivity index (χ4n) is 2.30. The molecule has 1 aromatic heterocycles. The predicted octanol–water partition coefficient (Wildman–Crippen LogP) is 3.88. The molecule has 8 heteroatoms. The number of halogens is 2. The molecule has 0 fully saturated rings. The Labute approximate surface area is 141 Å². The number of fused-ring (bicyclic) bond motifs is 1. The van der Waals surface area contributed by atoms with Crippen molar-refractivity contribution >= 4 is 50.1 Å². The number of benzene rings is 2. The molecule has 0 spiro atoms. The minimum Gasteiger partial charge on any atom is -0.478 e. The van der Waals surface area contributed by atoms with Crippen molar-refractivity contribution in [2.24, 2.45) is 0 Å². The maximum atomic E-state index is 12.9. The van der Waals surface area contributed by atoms with Gasteiger partial charge in [-0.05, 0) is 24.3 Å². The number of hydrogen-bond acceptors (Lipinski definition) is 3. The minimum absolute atomic E-state index is 0.00376. The van der Waals surface area contributed by atoms with E-state index in [-0.39, 0.29) is 26.0 Å². The van der Waals surface area contributed by atoms with Crippen LogP contribution >= 0.6 is 23.2 Å². The van der Waals surface area contributed by atoms with Crippen molar-refractivity contribution in [2.45, 2.75) is 4.90 Å². The molecular formula is C15H9Cl2NO4S. The Morgan fingerprint density at radius 2 is 1.78 bits per heavy atom. The second kappa shape index (κ2) is 5.56. The lowest BCUT2D eigenvalue weighted by Gasteiger charge is -2.09. The van der Waals surface area contributed by atoms with Gasteiger partial charge in [0.25, 0.3) is 10.0 Å². The number of nitrogens with zero attached hydrogens (tertiary/aromatic N) is 1. The Hall–Kier alpha value is -2.02. The lowest BCUT2D eigenvalue weighted by molar-refractivity contribution is 0.0699. The summed E-state index contributed by atoms with van der Waals surface area (Å²) in [7, 11) is -4.09. The Kier molecular flexibility index (Phi) is 3.83. The molecule has 3 rings (SSSR count). The molecule has 0 saturated heterocycles. The summed E-state index contributed by atoms with van der Waals surface area (Å²) in [4.78, 5) is 11.2. The molecule has 0 radical (unpaired) electrons. The summed E-state index contributed by atoms with van der Waals surface area (Å²) in [5.41, 5.74) is 0.142. The standard InChI is InChI=1S/C15H9Cl2NO4S/c16-9-5-6-12(17)14(7-9)23(21,22)18-8-11(15(19)20)10-3-1-2-4-13(10)18/h1-8H,(H,19,20). The monoisotopic (exact) mass is 369 g/mol. The van der Waals surface area contributed by atoms with Crippen LogP contribution in [-0.4, -0.2) is 23.5 Å². The summed E-state index contributed by atoms with van der Waals surface area (Å²) in [6.45, 7) is 0. The first-order valence-corrected chi connectivity index (χ1v) is 8.56. The van der Waals surface area contributed by atoms with Crippen LogP contribution in [0.25, 0.3) is 10.9 Å². The molecule has 118 valence electrons. The number of rotatable bonds is 3. The summed E-state index contributed by atoms with van der Waals surface area (Å²) in [5.74, 6) is -1.22. The minimum atomic E-state index is -4.09. The molecule has 0 aliphatic heterocycles. The van der Waals surface area contributed by atoms with Gasteiger partial charge in [0.1, 0.15) is 4.90 Å². The van der Waals surface area contributed by atoms with Crippen LogP contribution in [0.3, 0.4) is 0 Å². The number of carbonyl (C=O) groups is 1. The number of para-hydroxylation sites is 1. The van der Waals surface area contributed by atoms with Crippen molar-refractivity contribution in [2.75, 3.05) is 0 Å². The molecular weight excluding hydrogens is 361 g/mol. The number of carboxylic acid groups (broad SMARTS) is 1. The van der Waals surface area contributed by atoms with E-state index in [0.717, 1.165) is 10.2 Å². The first-order valence-electron chi connectivity index (χ1n) is 6.36. The van der Waals surface area contributed by atoms with E-state index >= 15 is 0 Å². The molecule has 0 aliphatic rings. The van der Waals surface area contributed by atoms with Gasteiger partial charge in [-0.25, -0.2) is 17.2 Å². The SMILES string of the molecule is O=C(O)c1cn(S(=O)(=O)c2cc(Cl)ccc2Cl)c2ccccc12. The number of hydrogen-bond donors (Lipinski definition) is 1. The second-order valence-electron chi connectivity index (χ2n) is 4.74. The number of aromatic carboxylic acids is 1. The van der Waals surface area contributed by atoms with Crippen LogP contribution in [0.1, 0.15) is 10.4 Å². The van der Waals surface area contributed by atoms with Gasteiger partial charge >= 0.3 is 5.97 Å². The van der Waals surface area contributed by atoms with Crippen molar-refractivity contribution in [1.82, 2.24) is 3.97 Å². The summed E-state index contributed by atoms with van der Waals surface area (Å²) in [6.07, 6.45) is 1.07. The van der Waals surface area contributed by atoms with Crippen LogP contribution in [0.2, 0.25) is 10.0 Å². The van der Waals surface area contributed by atoms with Crippen molar-refractivity contribution in [3.05, 3.63) is 64.3 Å². The molecule has 0 bridgehead atoms. The fourth-order valence-corrected chi connectivity index (χ4v) is 4.41. The van der Waals surface area contributed by atoms with Crippen molar-refractivity contribution < 1.29 is 18.3 Å². The molecule has 0 saturated carbocycles. The largest absolute Gasteiger partial charge is 0.478 e. The van der Waals surface area contributed by atoms with Crippen LogP contribution in [0.5, 0.6) is 0 Å². The summed E-state index contributed by atoms with van der Waals surface area (Å²) < 4.78 is 26.7. The lowest BCUT2D eigenvalue weighted by Crippen LogP contribution is -2.12. The van der Waals surface area contributed by atoms with Gasteiger partial charge in [0, 0.05) is 16.6 Å². The fraction of sp³-hybridized carbons (Fsp3) is 0. The van der Waals surface area contributed by atoms with Gasteiger partial charge in [0.15, 0.2) is 0 Å². The highest BCUT2D eigenvalue weighted by Crippen LogP contribution is 2.30. The topological polar surface area (TPSA) is 76.4 Å². The normalized spacial score (nSPS) is 11.7. The van der Waals surface area contributed by atoms with E-state index in [1.54, 1.807) is 18.2 Å². The first-order chi connectivity index (χ1) is 10.8. The lowest BCUT2D eigenvalue weighted by atomic mass is 10.2. The molecule has 0 aliphatic carbocycles. The molecule has 1 heterocycles. The molecule has 0 atom stereocenters. The zero-order valence-electron chi connectivity index (χ0n) is 11.4. The van der Waals surface area contributed by atoms with Gasteiger partial charge in [0.2, 0.25) is 0 Å². The van der Waals surface area contributed by atoms with E-state index in [0.29, 0.717) is 5.39 Å². The smallest absolute Gasteiger partial charge is 0.337 e. The van der Waals surface area contributed by atoms with E-state index in [4.69, 9.17) is 23.2 Å². The molecule has 2 aromatic carbocycles. The summed E-state index contributed by atoms with van der Waals surface area (Å²) in [6, 6.07) is 10.4. The van der Waals surface area contributed by atoms with E-state index in [2.05, 4.69) is 0 Å². The van der Waals surface area contributed by atoms with Gasteiger partial charge in [-0.2, -0.15) is 0 Å². The Balaban J connectivity index is 2.36. The van der Waals surface area contributed by atoms with Gasteiger partial charge in [-0.15, -0.1) is 0 Å². The van der Waals surface area contributed by atoms with Gasteiger partial charge in [-0.3, -0.25) is 0 Å². The van der Waals surface area contributed by atoms with Crippen molar-refractivity contribution in [3.63, 3.8) is 0 Å². The summed E-state index contributed by atoms with van der Waals surface area (Å²) >= 11 is 11.8. The third-order valence-electron chi connectivity index (χ3n) is 3.34. The Morgan fingerprint density at radius 3 is 2.48 bits per heavy atom. The van der Waals surface area contributed by atoms with E-state index in [1.807, 2.05) is 0 Å².